The highest BCUT2D eigenvalue weighted by Crippen LogP contribution is 2.29. The third kappa shape index (κ3) is 3.26. The molecule has 1 N–H and O–H groups in total. The summed E-state index contributed by atoms with van der Waals surface area (Å²) in [5.41, 5.74) is 1.08. The zero-order valence-corrected chi connectivity index (χ0v) is 13.4. The summed E-state index contributed by atoms with van der Waals surface area (Å²) in [5, 5.41) is 16.0. The minimum atomic E-state index is -0.415. The molecule has 0 aromatic carbocycles. The number of hydrogen-bond acceptors (Lipinski definition) is 6. The fraction of sp³-hybridized carbons (Fsp3) is 0.250. The first-order chi connectivity index (χ1) is 9.51. The van der Waals surface area contributed by atoms with Crippen molar-refractivity contribution < 1.29 is 4.92 Å². The number of pyridine rings is 1. The van der Waals surface area contributed by atoms with Crippen molar-refractivity contribution in [2.45, 2.75) is 6.54 Å². The number of nitrogens with zero attached hydrogens (tertiary/aromatic N) is 3. The first-order valence-corrected chi connectivity index (χ1v) is 7.45. The van der Waals surface area contributed by atoms with Gasteiger partial charge in [-0.1, -0.05) is 0 Å². The van der Waals surface area contributed by atoms with Crippen molar-refractivity contribution in [2.24, 2.45) is 0 Å². The quantitative estimate of drug-likeness (QED) is 0.655. The van der Waals surface area contributed by atoms with Gasteiger partial charge in [0.15, 0.2) is 0 Å². The molecule has 0 radical (unpaired) electrons. The Morgan fingerprint density at radius 3 is 2.85 bits per heavy atom. The Kier molecular flexibility index (Phi) is 4.56. The van der Waals surface area contributed by atoms with E-state index in [-0.39, 0.29) is 5.69 Å². The van der Waals surface area contributed by atoms with Crippen LogP contribution in [0.25, 0.3) is 0 Å². The van der Waals surface area contributed by atoms with Crippen molar-refractivity contribution in [2.75, 3.05) is 24.3 Å². The van der Waals surface area contributed by atoms with Gasteiger partial charge in [-0.3, -0.25) is 10.1 Å². The Labute approximate surface area is 128 Å². The van der Waals surface area contributed by atoms with Crippen LogP contribution in [0.4, 0.5) is 17.3 Å². The third-order valence-corrected chi connectivity index (χ3v) is 4.26. The van der Waals surface area contributed by atoms with E-state index < -0.39 is 4.92 Å². The van der Waals surface area contributed by atoms with Crippen molar-refractivity contribution >= 4 is 44.6 Å². The van der Waals surface area contributed by atoms with Crippen LogP contribution in [0, 0.1) is 10.1 Å². The molecule has 0 aliphatic carbocycles. The molecule has 0 unspecified atom stereocenters. The minimum Gasteiger partial charge on any atom is -0.373 e. The summed E-state index contributed by atoms with van der Waals surface area (Å²) < 4.78 is 1.03. The summed E-state index contributed by atoms with van der Waals surface area (Å²) in [6, 6.07) is 5.06. The van der Waals surface area contributed by atoms with Crippen molar-refractivity contribution in [1.29, 1.82) is 0 Å². The summed E-state index contributed by atoms with van der Waals surface area (Å²) >= 11 is 4.99. The molecular weight excluding hydrogens is 344 g/mol. The van der Waals surface area contributed by atoms with Crippen LogP contribution in [0.1, 0.15) is 5.56 Å². The lowest BCUT2D eigenvalue weighted by molar-refractivity contribution is -0.384. The van der Waals surface area contributed by atoms with Gasteiger partial charge in [0.25, 0.3) is 0 Å². The predicted octanol–water partition coefficient (Wildman–Crippen LogP) is 3.49. The van der Waals surface area contributed by atoms with Crippen LogP contribution in [-0.2, 0) is 6.54 Å². The number of nitrogens with one attached hydrogen (secondary N) is 1. The Morgan fingerprint density at radius 1 is 1.55 bits per heavy atom. The average Bonchev–Trinajstić information content (AvgIpc) is 2.83. The number of aromatic nitrogens is 1. The smallest absolute Gasteiger partial charge is 0.311 e. The molecule has 0 fully saturated rings. The molecule has 2 aromatic rings. The van der Waals surface area contributed by atoms with Gasteiger partial charge in [-0.2, -0.15) is 0 Å². The fourth-order valence-corrected chi connectivity index (χ4v) is 2.98. The highest BCUT2D eigenvalue weighted by molar-refractivity contribution is 9.11. The summed E-state index contributed by atoms with van der Waals surface area (Å²) in [4.78, 5) is 16.7. The lowest BCUT2D eigenvalue weighted by Gasteiger charge is -2.18. The highest BCUT2D eigenvalue weighted by atomic mass is 79.9. The molecule has 0 bridgehead atoms. The minimum absolute atomic E-state index is 0.000736. The van der Waals surface area contributed by atoms with E-state index in [2.05, 4.69) is 26.2 Å². The maximum atomic E-state index is 11.1. The second-order valence-corrected chi connectivity index (χ2v) is 6.45. The van der Waals surface area contributed by atoms with E-state index in [1.54, 1.807) is 36.4 Å². The Morgan fingerprint density at radius 2 is 2.30 bits per heavy atom. The Bertz CT molecular complexity index is 632. The third-order valence-electron chi connectivity index (χ3n) is 2.71. The number of nitro groups is 1. The summed E-state index contributed by atoms with van der Waals surface area (Å²) in [6.07, 6.45) is 0. The van der Waals surface area contributed by atoms with E-state index in [4.69, 9.17) is 0 Å². The number of rotatable bonds is 5. The van der Waals surface area contributed by atoms with Crippen LogP contribution in [0.5, 0.6) is 0 Å². The van der Waals surface area contributed by atoms with Crippen molar-refractivity contribution in [1.82, 2.24) is 4.98 Å². The zero-order valence-electron chi connectivity index (χ0n) is 11.0. The predicted molar refractivity (Wildman–Crippen MR) is 84.6 cm³/mol. The molecule has 2 aromatic heterocycles. The molecule has 0 saturated carbocycles. The van der Waals surface area contributed by atoms with Gasteiger partial charge in [-0.25, -0.2) is 4.98 Å². The Balaban J connectivity index is 2.31. The molecule has 6 nitrogen and oxygen atoms in total. The summed E-state index contributed by atoms with van der Waals surface area (Å²) in [5.74, 6) is 0.952. The SMILES string of the molecule is CNc1ccc([N+](=O)[O-])c(N(C)Cc2csc(Br)c2)n1. The molecule has 0 amide bonds. The second kappa shape index (κ2) is 6.19. The number of halogens is 1. The first-order valence-electron chi connectivity index (χ1n) is 5.78. The maximum Gasteiger partial charge on any atom is 0.311 e. The van der Waals surface area contributed by atoms with E-state index in [9.17, 15) is 10.1 Å². The molecule has 106 valence electrons. The van der Waals surface area contributed by atoms with Crippen LogP contribution in [0.3, 0.4) is 0 Å². The molecule has 0 spiro atoms. The van der Waals surface area contributed by atoms with Crippen LogP contribution >= 0.6 is 27.3 Å². The molecule has 20 heavy (non-hydrogen) atoms. The molecule has 2 rings (SSSR count). The van der Waals surface area contributed by atoms with E-state index in [0.29, 0.717) is 18.2 Å². The largest absolute Gasteiger partial charge is 0.373 e. The molecule has 0 aliphatic rings. The van der Waals surface area contributed by atoms with E-state index >= 15 is 0 Å². The van der Waals surface area contributed by atoms with Gasteiger partial charge in [0, 0.05) is 26.7 Å². The molecule has 0 atom stereocenters. The Hall–Kier alpha value is -1.67. The van der Waals surface area contributed by atoms with Crippen molar-refractivity contribution in [3.05, 3.63) is 43.0 Å². The molecule has 8 heteroatoms. The van der Waals surface area contributed by atoms with Gasteiger partial charge in [0.05, 0.1) is 8.71 Å². The zero-order chi connectivity index (χ0) is 14.7. The van der Waals surface area contributed by atoms with Gasteiger partial charge in [0.2, 0.25) is 5.82 Å². The van der Waals surface area contributed by atoms with Crippen molar-refractivity contribution in [3.8, 4) is 0 Å². The first kappa shape index (κ1) is 14.7. The lowest BCUT2D eigenvalue weighted by Crippen LogP contribution is -2.19. The lowest BCUT2D eigenvalue weighted by atomic mass is 10.3. The maximum absolute atomic E-state index is 11.1. The van der Waals surface area contributed by atoms with Crippen LogP contribution in [0.2, 0.25) is 0 Å². The second-order valence-electron chi connectivity index (χ2n) is 4.16. The van der Waals surface area contributed by atoms with E-state index in [0.717, 1.165) is 9.35 Å². The molecule has 0 aliphatic heterocycles. The van der Waals surface area contributed by atoms with E-state index in [1.165, 1.54) is 6.07 Å². The number of anilines is 2. The van der Waals surface area contributed by atoms with Gasteiger partial charge < -0.3 is 10.2 Å². The van der Waals surface area contributed by atoms with Gasteiger partial charge >= 0.3 is 5.69 Å². The highest BCUT2D eigenvalue weighted by Gasteiger charge is 2.19. The topological polar surface area (TPSA) is 71.3 Å². The monoisotopic (exact) mass is 356 g/mol. The number of thiophene rings is 1. The van der Waals surface area contributed by atoms with E-state index in [1.807, 2.05) is 11.4 Å². The molecule has 0 saturated heterocycles. The normalized spacial score (nSPS) is 10.3. The standard InChI is InChI=1S/C12H13BrN4O2S/c1-14-11-4-3-9(17(18)19)12(15-11)16(2)6-8-5-10(13)20-7-8/h3-5,7H,6H2,1-2H3,(H,14,15). The van der Waals surface area contributed by atoms with Gasteiger partial charge in [0.1, 0.15) is 5.82 Å². The van der Waals surface area contributed by atoms with Gasteiger partial charge in [-0.05, 0) is 39.0 Å². The average molecular weight is 357 g/mol. The van der Waals surface area contributed by atoms with Crippen LogP contribution < -0.4 is 10.2 Å². The summed E-state index contributed by atoms with van der Waals surface area (Å²) in [6.45, 7) is 0.559. The van der Waals surface area contributed by atoms with Crippen molar-refractivity contribution in [3.63, 3.8) is 0 Å². The fourth-order valence-electron chi connectivity index (χ4n) is 1.78. The van der Waals surface area contributed by atoms with Gasteiger partial charge in [-0.15, -0.1) is 11.3 Å². The van der Waals surface area contributed by atoms with Crippen LogP contribution in [-0.4, -0.2) is 24.0 Å². The molecular formula is C12H13BrN4O2S. The number of hydrogen-bond donors (Lipinski definition) is 1. The summed E-state index contributed by atoms with van der Waals surface area (Å²) in [7, 11) is 3.52. The van der Waals surface area contributed by atoms with Crippen LogP contribution in [0.15, 0.2) is 27.4 Å². The molecule has 2 heterocycles.